The van der Waals surface area contributed by atoms with Crippen molar-refractivity contribution in [3.05, 3.63) is 23.8 Å². The van der Waals surface area contributed by atoms with Crippen molar-refractivity contribution in [1.82, 2.24) is 15.5 Å². The molecule has 30 heavy (non-hydrogen) atoms. The van der Waals surface area contributed by atoms with Gasteiger partial charge in [0.15, 0.2) is 11.5 Å². The first kappa shape index (κ1) is 20.5. The average molecular weight is 415 g/mol. The lowest BCUT2D eigenvalue weighted by Crippen LogP contribution is -2.50. The highest BCUT2D eigenvalue weighted by Gasteiger charge is 2.52. The zero-order valence-corrected chi connectivity index (χ0v) is 17.4. The van der Waals surface area contributed by atoms with Crippen LogP contribution in [0.3, 0.4) is 0 Å². The lowest BCUT2D eigenvalue weighted by Gasteiger charge is -2.34. The van der Waals surface area contributed by atoms with Gasteiger partial charge in [-0.3, -0.25) is 14.5 Å². The normalized spacial score (nSPS) is 25.4. The topological polar surface area (TPSA) is 97.0 Å². The van der Waals surface area contributed by atoms with Crippen LogP contribution in [-0.2, 0) is 16.0 Å². The van der Waals surface area contributed by atoms with Crippen LogP contribution in [0.5, 0.6) is 11.5 Å². The molecular weight excluding hydrogens is 386 g/mol. The van der Waals surface area contributed by atoms with Gasteiger partial charge in [-0.2, -0.15) is 0 Å². The maximum absolute atomic E-state index is 12.9. The van der Waals surface area contributed by atoms with Gasteiger partial charge in [0, 0.05) is 6.54 Å². The molecule has 8 heteroatoms. The Hall–Kier alpha value is -2.77. The van der Waals surface area contributed by atoms with Crippen LogP contribution < -0.4 is 20.1 Å². The van der Waals surface area contributed by atoms with Crippen LogP contribution in [0.15, 0.2) is 18.2 Å². The molecular formula is C22H29N3O5. The van der Waals surface area contributed by atoms with Crippen LogP contribution in [0.4, 0.5) is 4.79 Å². The van der Waals surface area contributed by atoms with Gasteiger partial charge in [-0.15, -0.1) is 0 Å². The van der Waals surface area contributed by atoms with E-state index in [9.17, 15) is 14.4 Å². The first-order valence-corrected chi connectivity index (χ1v) is 10.8. The molecule has 0 atom stereocenters. The number of rotatable bonds is 6. The summed E-state index contributed by atoms with van der Waals surface area (Å²) in [5.41, 5.74) is 0.204. The summed E-state index contributed by atoms with van der Waals surface area (Å²) in [5.74, 6) is 1.46. The van der Waals surface area contributed by atoms with Gasteiger partial charge in [-0.25, -0.2) is 4.79 Å². The molecule has 1 aliphatic carbocycles. The number of imide groups is 1. The minimum atomic E-state index is -0.811. The number of nitrogens with one attached hydrogen (secondary N) is 2. The SMILES string of the molecule is CCC1CCC2(CC1)NC(=O)N(CC(=O)NCCc1ccc3c(c1)OCCO3)C2=O. The van der Waals surface area contributed by atoms with E-state index in [1.807, 2.05) is 18.2 Å². The molecule has 0 aromatic heterocycles. The third-order valence-electron chi connectivity index (χ3n) is 6.43. The van der Waals surface area contributed by atoms with E-state index in [0.717, 1.165) is 35.5 Å². The Balaban J connectivity index is 1.27. The van der Waals surface area contributed by atoms with Gasteiger partial charge >= 0.3 is 6.03 Å². The maximum Gasteiger partial charge on any atom is 0.325 e. The predicted molar refractivity (Wildman–Crippen MR) is 109 cm³/mol. The van der Waals surface area contributed by atoms with Crippen molar-refractivity contribution < 1.29 is 23.9 Å². The van der Waals surface area contributed by atoms with Crippen LogP contribution in [0, 0.1) is 5.92 Å². The Morgan fingerprint density at radius 1 is 1.20 bits per heavy atom. The summed E-state index contributed by atoms with van der Waals surface area (Å²) in [6.07, 6.45) is 4.87. The van der Waals surface area contributed by atoms with Gasteiger partial charge in [0.2, 0.25) is 5.91 Å². The molecule has 3 aliphatic rings. The second kappa shape index (κ2) is 8.53. The Morgan fingerprint density at radius 3 is 2.67 bits per heavy atom. The molecule has 2 aliphatic heterocycles. The van der Waals surface area contributed by atoms with E-state index in [1.54, 1.807) is 0 Å². The van der Waals surface area contributed by atoms with Crippen LogP contribution in [0.1, 0.15) is 44.6 Å². The van der Waals surface area contributed by atoms with Crippen LogP contribution >= 0.6 is 0 Å². The fourth-order valence-electron chi connectivity index (χ4n) is 4.53. The Kier molecular flexibility index (Phi) is 5.83. The summed E-state index contributed by atoms with van der Waals surface area (Å²) in [4.78, 5) is 38.7. The molecule has 0 radical (unpaired) electrons. The number of hydrogen-bond donors (Lipinski definition) is 2. The molecule has 2 fully saturated rings. The third-order valence-corrected chi connectivity index (χ3v) is 6.43. The highest BCUT2D eigenvalue weighted by atomic mass is 16.6. The summed E-state index contributed by atoms with van der Waals surface area (Å²) in [6.45, 7) is 3.39. The molecule has 8 nitrogen and oxygen atoms in total. The van der Waals surface area contributed by atoms with Crippen LogP contribution in [0.25, 0.3) is 0 Å². The molecule has 1 aromatic rings. The zero-order valence-electron chi connectivity index (χ0n) is 17.4. The van der Waals surface area contributed by atoms with E-state index in [-0.39, 0.29) is 18.4 Å². The van der Waals surface area contributed by atoms with E-state index in [2.05, 4.69) is 17.6 Å². The van der Waals surface area contributed by atoms with Gasteiger partial charge < -0.3 is 20.1 Å². The Bertz CT molecular complexity index is 832. The number of fused-ring (bicyclic) bond motifs is 1. The second-order valence-corrected chi connectivity index (χ2v) is 8.33. The Labute approximate surface area is 176 Å². The average Bonchev–Trinajstić information content (AvgIpc) is 2.98. The zero-order chi connectivity index (χ0) is 21.1. The highest BCUT2D eigenvalue weighted by Crippen LogP contribution is 2.37. The van der Waals surface area contributed by atoms with E-state index in [4.69, 9.17) is 9.47 Å². The van der Waals surface area contributed by atoms with E-state index in [0.29, 0.717) is 50.7 Å². The minimum absolute atomic E-state index is 0.245. The molecule has 4 rings (SSSR count). The highest BCUT2D eigenvalue weighted by molar-refractivity contribution is 6.09. The molecule has 162 valence electrons. The number of benzene rings is 1. The van der Waals surface area contributed by atoms with E-state index < -0.39 is 11.6 Å². The first-order chi connectivity index (χ1) is 14.5. The van der Waals surface area contributed by atoms with Crippen LogP contribution in [0.2, 0.25) is 0 Å². The summed E-state index contributed by atoms with van der Waals surface area (Å²) < 4.78 is 11.1. The number of amides is 4. The van der Waals surface area contributed by atoms with Crippen molar-refractivity contribution >= 4 is 17.8 Å². The summed E-state index contributed by atoms with van der Waals surface area (Å²) in [6, 6.07) is 5.25. The predicted octanol–water partition coefficient (Wildman–Crippen LogP) is 2.01. The number of carbonyl (C=O) groups excluding carboxylic acids is 3. The third kappa shape index (κ3) is 4.08. The standard InChI is InChI=1S/C22H29N3O5/c1-2-15-5-8-22(9-6-15)20(27)25(21(28)24-22)14-19(26)23-10-7-16-3-4-17-18(13-16)30-12-11-29-17/h3-4,13,15H,2,5-12,14H2,1H3,(H,23,26)(H,24,28). The monoisotopic (exact) mass is 415 g/mol. The second-order valence-electron chi connectivity index (χ2n) is 8.33. The van der Waals surface area contributed by atoms with Crippen molar-refractivity contribution in [2.45, 2.75) is 51.0 Å². The van der Waals surface area contributed by atoms with Gasteiger partial charge in [0.05, 0.1) is 0 Å². The molecule has 1 saturated carbocycles. The van der Waals surface area contributed by atoms with Gasteiger partial charge in [-0.1, -0.05) is 19.4 Å². The van der Waals surface area contributed by atoms with Crippen molar-refractivity contribution in [3.8, 4) is 11.5 Å². The van der Waals surface area contributed by atoms with E-state index >= 15 is 0 Å². The summed E-state index contributed by atoms with van der Waals surface area (Å²) in [5, 5.41) is 5.66. The van der Waals surface area contributed by atoms with Crippen molar-refractivity contribution in [1.29, 1.82) is 0 Å². The maximum atomic E-state index is 12.9. The van der Waals surface area contributed by atoms with Crippen molar-refractivity contribution in [3.63, 3.8) is 0 Å². The molecule has 4 amide bonds. The fraction of sp³-hybridized carbons (Fsp3) is 0.591. The lowest BCUT2D eigenvalue weighted by atomic mass is 9.75. The van der Waals surface area contributed by atoms with E-state index in [1.165, 1.54) is 0 Å². The van der Waals surface area contributed by atoms with Crippen molar-refractivity contribution in [2.24, 2.45) is 5.92 Å². The molecule has 0 unspecified atom stereocenters. The molecule has 2 N–H and O–H groups in total. The summed E-state index contributed by atoms with van der Waals surface area (Å²) in [7, 11) is 0. The Morgan fingerprint density at radius 2 is 1.93 bits per heavy atom. The fourth-order valence-corrected chi connectivity index (χ4v) is 4.53. The number of carbonyl (C=O) groups is 3. The molecule has 0 bridgehead atoms. The molecule has 1 spiro atoms. The van der Waals surface area contributed by atoms with Crippen molar-refractivity contribution in [2.75, 3.05) is 26.3 Å². The van der Waals surface area contributed by atoms with Gasteiger partial charge in [0.1, 0.15) is 25.3 Å². The summed E-state index contributed by atoms with van der Waals surface area (Å²) >= 11 is 0. The largest absolute Gasteiger partial charge is 0.486 e. The lowest BCUT2D eigenvalue weighted by molar-refractivity contribution is -0.136. The minimum Gasteiger partial charge on any atom is -0.486 e. The van der Waals surface area contributed by atoms with Crippen LogP contribution in [-0.4, -0.2) is 54.6 Å². The number of nitrogens with zero attached hydrogens (tertiary/aromatic N) is 1. The van der Waals surface area contributed by atoms with Gasteiger partial charge in [0.25, 0.3) is 5.91 Å². The number of urea groups is 1. The first-order valence-electron chi connectivity index (χ1n) is 10.8. The quantitative estimate of drug-likeness (QED) is 0.693. The smallest absolute Gasteiger partial charge is 0.325 e. The number of hydrogen-bond acceptors (Lipinski definition) is 5. The van der Waals surface area contributed by atoms with Gasteiger partial charge in [-0.05, 0) is 55.7 Å². The number of ether oxygens (including phenoxy) is 2. The molecule has 2 heterocycles. The molecule has 1 aromatic carbocycles. The molecule has 1 saturated heterocycles.